The zero-order valence-electron chi connectivity index (χ0n) is 14.3. The van der Waals surface area contributed by atoms with Crippen LogP contribution in [0.25, 0.3) is 10.9 Å². The number of rotatable bonds is 2. The molecule has 1 fully saturated rings. The Morgan fingerprint density at radius 3 is 2.48 bits per heavy atom. The molecule has 23 heavy (non-hydrogen) atoms. The molecule has 1 heterocycles. The van der Waals surface area contributed by atoms with Crippen molar-refractivity contribution in [3.8, 4) is 0 Å². The summed E-state index contributed by atoms with van der Waals surface area (Å²) in [4.78, 5) is 17.0. The summed E-state index contributed by atoms with van der Waals surface area (Å²) in [5.74, 6) is 0.767. The molecule has 1 aromatic heterocycles. The molecule has 1 aromatic carbocycles. The predicted octanol–water partition coefficient (Wildman–Crippen LogP) is 4.57. The van der Waals surface area contributed by atoms with Crippen LogP contribution in [0.4, 0.5) is 0 Å². The molecule has 3 rings (SSSR count). The van der Waals surface area contributed by atoms with E-state index in [2.05, 4.69) is 31.1 Å². The third kappa shape index (κ3) is 3.54. The van der Waals surface area contributed by atoms with Crippen LogP contribution in [0.1, 0.15) is 56.8 Å². The highest BCUT2D eigenvalue weighted by atomic mass is 16.1. The van der Waals surface area contributed by atoms with Crippen molar-refractivity contribution in [1.82, 2.24) is 10.3 Å². The Kier molecular flexibility index (Phi) is 4.38. The summed E-state index contributed by atoms with van der Waals surface area (Å²) in [5.41, 5.74) is 1.84. The third-order valence-electron chi connectivity index (χ3n) is 5.16. The summed E-state index contributed by atoms with van der Waals surface area (Å²) >= 11 is 0. The number of carbonyl (C=O) groups is 1. The van der Waals surface area contributed by atoms with Gasteiger partial charge in [-0.3, -0.25) is 9.78 Å². The fraction of sp³-hybridized carbons (Fsp3) is 0.500. The van der Waals surface area contributed by atoms with Crippen LogP contribution in [-0.4, -0.2) is 16.9 Å². The Bertz CT molecular complexity index is 689. The maximum Gasteiger partial charge on any atom is 0.253 e. The average molecular weight is 310 g/mol. The number of aromatic nitrogens is 1. The summed E-state index contributed by atoms with van der Waals surface area (Å²) in [7, 11) is 0. The highest BCUT2D eigenvalue weighted by Crippen LogP contribution is 2.37. The second-order valence-corrected chi connectivity index (χ2v) is 7.77. The standard InChI is InChI=1S/C20H26N2O/c1-20(2,3)15-9-11-16(12-10-15)22-19(23)17-8-4-6-14-7-5-13-21-18(14)17/h4-8,13,15-16H,9-12H2,1-3H3,(H,22,23). The Morgan fingerprint density at radius 1 is 1.09 bits per heavy atom. The van der Waals surface area contributed by atoms with Crippen LogP contribution in [0.15, 0.2) is 36.5 Å². The van der Waals surface area contributed by atoms with Crippen molar-refractivity contribution in [1.29, 1.82) is 0 Å². The molecule has 0 spiro atoms. The van der Waals surface area contributed by atoms with Crippen molar-refractivity contribution in [3.63, 3.8) is 0 Å². The molecule has 1 aliphatic rings. The van der Waals surface area contributed by atoms with E-state index in [1.54, 1.807) is 6.20 Å². The smallest absolute Gasteiger partial charge is 0.253 e. The van der Waals surface area contributed by atoms with E-state index in [0.29, 0.717) is 17.0 Å². The second kappa shape index (κ2) is 6.31. The molecule has 0 radical (unpaired) electrons. The van der Waals surface area contributed by atoms with Crippen LogP contribution in [0.5, 0.6) is 0 Å². The summed E-state index contributed by atoms with van der Waals surface area (Å²) in [5, 5.41) is 4.23. The molecule has 3 heteroatoms. The normalized spacial score (nSPS) is 22.0. The van der Waals surface area contributed by atoms with Crippen molar-refractivity contribution in [3.05, 3.63) is 42.1 Å². The van der Waals surface area contributed by atoms with Gasteiger partial charge in [0, 0.05) is 17.6 Å². The maximum atomic E-state index is 12.7. The minimum Gasteiger partial charge on any atom is -0.349 e. The van der Waals surface area contributed by atoms with E-state index >= 15 is 0 Å². The van der Waals surface area contributed by atoms with E-state index in [4.69, 9.17) is 0 Å². The lowest BCUT2D eigenvalue weighted by atomic mass is 9.71. The Balaban J connectivity index is 1.68. The van der Waals surface area contributed by atoms with E-state index in [9.17, 15) is 4.79 Å². The molecule has 122 valence electrons. The number of benzene rings is 1. The zero-order chi connectivity index (χ0) is 16.4. The number of hydrogen-bond donors (Lipinski definition) is 1. The monoisotopic (exact) mass is 310 g/mol. The van der Waals surface area contributed by atoms with Gasteiger partial charge in [0.2, 0.25) is 0 Å². The fourth-order valence-corrected chi connectivity index (χ4v) is 3.65. The zero-order valence-corrected chi connectivity index (χ0v) is 14.3. The second-order valence-electron chi connectivity index (χ2n) is 7.77. The van der Waals surface area contributed by atoms with E-state index < -0.39 is 0 Å². The molecule has 1 saturated carbocycles. The van der Waals surface area contributed by atoms with Crippen LogP contribution in [0.2, 0.25) is 0 Å². The van der Waals surface area contributed by atoms with Crippen LogP contribution in [0.3, 0.4) is 0 Å². The van der Waals surface area contributed by atoms with Gasteiger partial charge in [-0.25, -0.2) is 0 Å². The number of pyridine rings is 1. The van der Waals surface area contributed by atoms with Gasteiger partial charge in [-0.05, 0) is 49.1 Å². The van der Waals surface area contributed by atoms with Crippen molar-refractivity contribution in [2.45, 2.75) is 52.5 Å². The molecular weight excluding hydrogens is 284 g/mol. The number of para-hydroxylation sites is 1. The molecule has 0 aliphatic heterocycles. The first kappa shape index (κ1) is 16.0. The molecule has 0 unspecified atom stereocenters. The lowest BCUT2D eigenvalue weighted by Crippen LogP contribution is -2.39. The van der Waals surface area contributed by atoms with Gasteiger partial charge in [0.1, 0.15) is 0 Å². The minimum atomic E-state index is 0.00788. The first-order valence-electron chi connectivity index (χ1n) is 8.60. The van der Waals surface area contributed by atoms with Gasteiger partial charge in [-0.1, -0.05) is 39.0 Å². The van der Waals surface area contributed by atoms with Crippen molar-refractivity contribution >= 4 is 16.8 Å². The molecule has 1 aliphatic carbocycles. The molecule has 1 N–H and O–H groups in total. The Morgan fingerprint density at radius 2 is 1.78 bits per heavy atom. The van der Waals surface area contributed by atoms with Gasteiger partial charge in [0.15, 0.2) is 0 Å². The summed E-state index contributed by atoms with van der Waals surface area (Å²) in [6.07, 6.45) is 6.29. The third-order valence-corrected chi connectivity index (χ3v) is 5.16. The topological polar surface area (TPSA) is 42.0 Å². The van der Waals surface area contributed by atoms with E-state index in [-0.39, 0.29) is 5.91 Å². The van der Waals surface area contributed by atoms with Crippen LogP contribution >= 0.6 is 0 Å². The van der Waals surface area contributed by atoms with Crippen LogP contribution < -0.4 is 5.32 Å². The largest absolute Gasteiger partial charge is 0.349 e. The number of fused-ring (bicyclic) bond motifs is 1. The molecule has 3 nitrogen and oxygen atoms in total. The lowest BCUT2D eigenvalue weighted by molar-refractivity contribution is 0.0905. The first-order chi connectivity index (χ1) is 10.9. The Labute approximate surface area is 138 Å². The van der Waals surface area contributed by atoms with Gasteiger partial charge in [-0.15, -0.1) is 0 Å². The van der Waals surface area contributed by atoms with Gasteiger partial charge >= 0.3 is 0 Å². The highest BCUT2D eigenvalue weighted by Gasteiger charge is 2.30. The summed E-state index contributed by atoms with van der Waals surface area (Å²) < 4.78 is 0. The van der Waals surface area contributed by atoms with E-state index in [1.807, 2.05) is 30.3 Å². The Hall–Kier alpha value is -1.90. The van der Waals surface area contributed by atoms with Gasteiger partial charge < -0.3 is 5.32 Å². The van der Waals surface area contributed by atoms with Gasteiger partial charge in [-0.2, -0.15) is 0 Å². The highest BCUT2D eigenvalue weighted by molar-refractivity contribution is 6.05. The number of nitrogens with one attached hydrogen (secondary N) is 1. The van der Waals surface area contributed by atoms with Gasteiger partial charge in [0.05, 0.1) is 11.1 Å². The number of hydrogen-bond acceptors (Lipinski definition) is 2. The summed E-state index contributed by atoms with van der Waals surface area (Å²) in [6.45, 7) is 6.95. The molecule has 0 bridgehead atoms. The van der Waals surface area contributed by atoms with Crippen molar-refractivity contribution in [2.24, 2.45) is 11.3 Å². The molecule has 1 amide bonds. The first-order valence-corrected chi connectivity index (χ1v) is 8.60. The fourth-order valence-electron chi connectivity index (χ4n) is 3.65. The SMILES string of the molecule is CC(C)(C)C1CCC(NC(=O)c2cccc3cccnc23)CC1. The van der Waals surface area contributed by atoms with Gasteiger partial charge in [0.25, 0.3) is 5.91 Å². The van der Waals surface area contributed by atoms with Crippen molar-refractivity contribution in [2.75, 3.05) is 0 Å². The van der Waals surface area contributed by atoms with Crippen molar-refractivity contribution < 1.29 is 4.79 Å². The molecular formula is C20H26N2O. The number of nitrogens with zero attached hydrogens (tertiary/aromatic N) is 1. The minimum absolute atomic E-state index is 0.00788. The van der Waals surface area contributed by atoms with Crippen LogP contribution in [-0.2, 0) is 0 Å². The molecule has 2 aromatic rings. The maximum absolute atomic E-state index is 12.7. The quantitative estimate of drug-likeness (QED) is 0.883. The number of amides is 1. The van der Waals surface area contributed by atoms with Crippen LogP contribution in [0, 0.1) is 11.3 Å². The summed E-state index contributed by atoms with van der Waals surface area (Å²) in [6, 6.07) is 9.97. The predicted molar refractivity (Wildman–Crippen MR) is 94.4 cm³/mol. The molecule has 0 saturated heterocycles. The lowest BCUT2D eigenvalue weighted by Gasteiger charge is -2.37. The van der Waals surface area contributed by atoms with E-state index in [1.165, 1.54) is 12.8 Å². The van der Waals surface area contributed by atoms with E-state index in [0.717, 1.165) is 29.7 Å². The average Bonchev–Trinajstić information content (AvgIpc) is 2.54. The number of carbonyl (C=O) groups excluding carboxylic acids is 1. The molecule has 0 atom stereocenters.